The van der Waals surface area contributed by atoms with Crippen molar-refractivity contribution in [1.29, 1.82) is 0 Å². The number of carboxylic acid groups (broad SMARTS) is 1. The van der Waals surface area contributed by atoms with Crippen molar-refractivity contribution in [3.63, 3.8) is 0 Å². The molecule has 0 aliphatic carbocycles. The van der Waals surface area contributed by atoms with Gasteiger partial charge in [0.25, 0.3) is 5.91 Å². The van der Waals surface area contributed by atoms with Crippen LogP contribution < -0.4 is 16.1 Å². The SMILES string of the molecule is CSCCC(NC(=O)CNC(=O)O)C(=O)NO. The van der Waals surface area contributed by atoms with Gasteiger partial charge in [-0.2, -0.15) is 11.8 Å². The summed E-state index contributed by atoms with van der Waals surface area (Å²) < 4.78 is 0. The third kappa shape index (κ3) is 7.41. The lowest BCUT2D eigenvalue weighted by Gasteiger charge is -2.16. The molecular weight excluding hydrogens is 250 g/mol. The minimum Gasteiger partial charge on any atom is -0.465 e. The monoisotopic (exact) mass is 265 g/mol. The Morgan fingerprint density at radius 2 is 2.00 bits per heavy atom. The van der Waals surface area contributed by atoms with Crippen molar-refractivity contribution in [3.05, 3.63) is 0 Å². The third-order valence-electron chi connectivity index (χ3n) is 1.77. The van der Waals surface area contributed by atoms with Crippen molar-refractivity contribution in [3.8, 4) is 0 Å². The summed E-state index contributed by atoms with van der Waals surface area (Å²) in [7, 11) is 0. The first-order valence-corrected chi connectivity index (χ1v) is 6.09. The first-order chi connectivity index (χ1) is 8.01. The van der Waals surface area contributed by atoms with E-state index in [1.807, 2.05) is 11.6 Å². The van der Waals surface area contributed by atoms with E-state index in [1.54, 1.807) is 0 Å². The van der Waals surface area contributed by atoms with Crippen molar-refractivity contribution >= 4 is 29.7 Å². The van der Waals surface area contributed by atoms with Gasteiger partial charge < -0.3 is 15.7 Å². The van der Waals surface area contributed by atoms with Gasteiger partial charge in [-0.3, -0.25) is 14.8 Å². The molecule has 0 saturated carbocycles. The number of hydrogen-bond donors (Lipinski definition) is 5. The van der Waals surface area contributed by atoms with Crippen LogP contribution in [0.1, 0.15) is 6.42 Å². The van der Waals surface area contributed by atoms with Crippen LogP contribution in [0.2, 0.25) is 0 Å². The molecule has 0 aliphatic rings. The smallest absolute Gasteiger partial charge is 0.405 e. The summed E-state index contributed by atoms with van der Waals surface area (Å²) in [5.41, 5.74) is 1.44. The quantitative estimate of drug-likeness (QED) is 0.297. The topological polar surface area (TPSA) is 128 Å². The average molecular weight is 265 g/mol. The summed E-state index contributed by atoms with van der Waals surface area (Å²) in [4.78, 5) is 32.5. The molecule has 1 unspecified atom stereocenters. The zero-order valence-electron chi connectivity index (χ0n) is 9.23. The molecule has 1 atom stereocenters. The van der Waals surface area contributed by atoms with Gasteiger partial charge in [0, 0.05) is 0 Å². The fourth-order valence-corrected chi connectivity index (χ4v) is 1.46. The van der Waals surface area contributed by atoms with E-state index < -0.39 is 30.5 Å². The summed E-state index contributed by atoms with van der Waals surface area (Å²) in [5, 5.41) is 20.9. The molecule has 0 fully saturated rings. The molecule has 17 heavy (non-hydrogen) atoms. The van der Waals surface area contributed by atoms with Gasteiger partial charge in [-0.25, -0.2) is 10.3 Å². The van der Waals surface area contributed by atoms with Crippen molar-refractivity contribution in [2.75, 3.05) is 18.6 Å². The molecule has 0 aliphatic heterocycles. The van der Waals surface area contributed by atoms with Crippen LogP contribution >= 0.6 is 11.8 Å². The second kappa shape index (κ2) is 8.65. The molecule has 0 spiro atoms. The van der Waals surface area contributed by atoms with E-state index in [9.17, 15) is 14.4 Å². The maximum Gasteiger partial charge on any atom is 0.405 e. The first kappa shape index (κ1) is 15.5. The van der Waals surface area contributed by atoms with Gasteiger partial charge in [0.05, 0.1) is 0 Å². The molecule has 0 radical (unpaired) electrons. The van der Waals surface area contributed by atoms with Crippen molar-refractivity contribution in [2.45, 2.75) is 12.5 Å². The number of carbonyl (C=O) groups excluding carboxylic acids is 2. The minimum absolute atomic E-state index is 0.340. The third-order valence-corrected chi connectivity index (χ3v) is 2.42. The Morgan fingerprint density at radius 3 is 2.47 bits per heavy atom. The normalized spacial score (nSPS) is 11.4. The molecule has 0 saturated heterocycles. The van der Waals surface area contributed by atoms with Crippen LogP contribution in [0.3, 0.4) is 0 Å². The highest BCUT2D eigenvalue weighted by atomic mass is 32.2. The standard InChI is InChI=1S/C8H15N3O5S/c1-17-3-2-5(7(13)11-16)10-6(12)4-9-8(14)15/h5,9,16H,2-4H2,1H3,(H,10,12)(H,11,13)(H,14,15). The maximum atomic E-state index is 11.2. The van der Waals surface area contributed by atoms with Crippen LogP contribution in [0.25, 0.3) is 0 Å². The number of nitrogens with one attached hydrogen (secondary N) is 3. The fourth-order valence-electron chi connectivity index (χ4n) is 0.984. The van der Waals surface area contributed by atoms with Gasteiger partial charge in [0.1, 0.15) is 12.6 Å². The molecule has 0 bridgehead atoms. The fraction of sp³-hybridized carbons (Fsp3) is 0.625. The highest BCUT2D eigenvalue weighted by Gasteiger charge is 2.19. The van der Waals surface area contributed by atoms with E-state index in [0.29, 0.717) is 12.2 Å². The maximum absolute atomic E-state index is 11.2. The van der Waals surface area contributed by atoms with Gasteiger partial charge >= 0.3 is 6.09 Å². The highest BCUT2D eigenvalue weighted by molar-refractivity contribution is 7.98. The molecular formula is C8H15N3O5S. The van der Waals surface area contributed by atoms with Gasteiger partial charge in [-0.05, 0) is 18.4 Å². The van der Waals surface area contributed by atoms with Crippen LogP contribution in [-0.4, -0.2) is 52.8 Å². The summed E-state index contributed by atoms with van der Waals surface area (Å²) in [6, 6.07) is -0.879. The molecule has 0 rings (SSSR count). The predicted molar refractivity (Wildman–Crippen MR) is 60.9 cm³/mol. The number of hydroxylamine groups is 1. The summed E-state index contributed by atoms with van der Waals surface area (Å²) in [6.07, 6.45) is 0.848. The van der Waals surface area contributed by atoms with Crippen LogP contribution in [0, 0.1) is 0 Å². The Bertz CT molecular complexity index is 286. The zero-order valence-corrected chi connectivity index (χ0v) is 10.0. The molecule has 8 nitrogen and oxygen atoms in total. The van der Waals surface area contributed by atoms with Gasteiger partial charge in [0.15, 0.2) is 0 Å². The summed E-state index contributed by atoms with van der Waals surface area (Å²) >= 11 is 1.48. The lowest BCUT2D eigenvalue weighted by atomic mass is 10.2. The number of hydrogen-bond acceptors (Lipinski definition) is 5. The lowest BCUT2D eigenvalue weighted by Crippen LogP contribution is -2.49. The Balaban J connectivity index is 4.17. The number of carbonyl (C=O) groups is 3. The minimum atomic E-state index is -1.33. The van der Waals surface area contributed by atoms with E-state index in [-0.39, 0.29) is 0 Å². The summed E-state index contributed by atoms with van der Waals surface area (Å²) in [5.74, 6) is -0.755. The van der Waals surface area contributed by atoms with Crippen LogP contribution in [0.15, 0.2) is 0 Å². The average Bonchev–Trinajstić information content (AvgIpc) is 2.30. The number of thioether (sulfide) groups is 1. The number of amides is 3. The Kier molecular flexibility index (Phi) is 7.89. The molecule has 98 valence electrons. The Labute approximate surface area is 102 Å². The highest BCUT2D eigenvalue weighted by Crippen LogP contribution is 2.00. The zero-order chi connectivity index (χ0) is 13.3. The summed E-state index contributed by atoms with van der Waals surface area (Å²) in [6.45, 7) is -0.441. The van der Waals surface area contributed by atoms with Crippen molar-refractivity contribution in [1.82, 2.24) is 16.1 Å². The number of rotatable bonds is 7. The molecule has 0 aromatic rings. The van der Waals surface area contributed by atoms with E-state index in [4.69, 9.17) is 10.3 Å². The van der Waals surface area contributed by atoms with Gasteiger partial charge in [0.2, 0.25) is 5.91 Å². The van der Waals surface area contributed by atoms with Crippen LogP contribution in [-0.2, 0) is 9.59 Å². The van der Waals surface area contributed by atoms with Crippen molar-refractivity contribution < 1.29 is 24.7 Å². The molecule has 0 aromatic carbocycles. The molecule has 0 aromatic heterocycles. The van der Waals surface area contributed by atoms with E-state index in [1.165, 1.54) is 17.2 Å². The molecule has 3 amide bonds. The molecule has 9 heteroatoms. The molecule has 5 N–H and O–H groups in total. The van der Waals surface area contributed by atoms with E-state index in [0.717, 1.165) is 0 Å². The Morgan fingerprint density at radius 1 is 1.35 bits per heavy atom. The first-order valence-electron chi connectivity index (χ1n) is 4.70. The molecule has 0 heterocycles. The van der Waals surface area contributed by atoms with Crippen LogP contribution in [0.4, 0.5) is 4.79 Å². The van der Waals surface area contributed by atoms with Gasteiger partial charge in [-0.15, -0.1) is 0 Å². The van der Waals surface area contributed by atoms with E-state index >= 15 is 0 Å². The van der Waals surface area contributed by atoms with Gasteiger partial charge in [-0.1, -0.05) is 0 Å². The second-order valence-corrected chi connectivity index (χ2v) is 4.02. The van der Waals surface area contributed by atoms with Crippen molar-refractivity contribution in [2.24, 2.45) is 0 Å². The Hall–Kier alpha value is -1.48. The van der Waals surface area contributed by atoms with E-state index in [2.05, 4.69) is 5.32 Å². The van der Waals surface area contributed by atoms with Crippen LogP contribution in [0.5, 0.6) is 0 Å². The second-order valence-electron chi connectivity index (χ2n) is 3.04. The largest absolute Gasteiger partial charge is 0.465 e. The predicted octanol–water partition coefficient (Wildman–Crippen LogP) is -1.00. The lowest BCUT2D eigenvalue weighted by molar-refractivity contribution is -0.134.